The number of pyridine rings is 1. The number of amides is 1. The topological polar surface area (TPSA) is 68.5 Å². The quantitative estimate of drug-likeness (QED) is 0.850. The van der Waals surface area contributed by atoms with Crippen LogP contribution in [0, 0.1) is 5.41 Å². The summed E-state index contributed by atoms with van der Waals surface area (Å²) in [7, 11) is 0. The number of carbonyl (C=O) groups is 1. The molecule has 1 aliphatic carbocycles. The van der Waals surface area contributed by atoms with Gasteiger partial charge in [0.1, 0.15) is 0 Å². The van der Waals surface area contributed by atoms with E-state index in [1.807, 2.05) is 12.1 Å². The van der Waals surface area contributed by atoms with Crippen LogP contribution in [0.4, 0.5) is 10.6 Å². The smallest absolute Gasteiger partial charge is 0.422 e. The van der Waals surface area contributed by atoms with E-state index >= 15 is 0 Å². The standard InChI is InChI=1S/C17H23N3O2S/c1-4-22-16(21)20(15(18)23)14-13(6-5-11-19-14)12-7-9-17(2,3)10-8-12/h5-7,11H,4,8-10H2,1-3H3,(H2,18,23). The summed E-state index contributed by atoms with van der Waals surface area (Å²) in [6, 6.07) is 3.79. The molecule has 2 N–H and O–H groups in total. The van der Waals surface area contributed by atoms with Crippen LogP contribution in [0.5, 0.6) is 0 Å². The maximum Gasteiger partial charge on any atom is 0.422 e. The predicted molar refractivity (Wildman–Crippen MR) is 96.1 cm³/mol. The molecular weight excluding hydrogens is 310 g/mol. The highest BCUT2D eigenvalue weighted by Crippen LogP contribution is 2.39. The van der Waals surface area contributed by atoms with E-state index in [2.05, 4.69) is 24.9 Å². The zero-order valence-corrected chi connectivity index (χ0v) is 14.7. The molecule has 0 unspecified atom stereocenters. The van der Waals surface area contributed by atoms with Crippen molar-refractivity contribution in [3.63, 3.8) is 0 Å². The first-order valence-electron chi connectivity index (χ1n) is 7.76. The van der Waals surface area contributed by atoms with Gasteiger partial charge in [-0.05, 0) is 61.5 Å². The van der Waals surface area contributed by atoms with Crippen LogP contribution in [-0.4, -0.2) is 22.8 Å². The van der Waals surface area contributed by atoms with E-state index < -0.39 is 6.09 Å². The molecule has 6 heteroatoms. The van der Waals surface area contributed by atoms with Gasteiger partial charge >= 0.3 is 6.09 Å². The molecule has 1 amide bonds. The van der Waals surface area contributed by atoms with E-state index in [1.54, 1.807) is 13.1 Å². The maximum atomic E-state index is 12.2. The third-order valence-corrected chi connectivity index (χ3v) is 4.17. The van der Waals surface area contributed by atoms with E-state index in [4.69, 9.17) is 22.7 Å². The Morgan fingerprint density at radius 2 is 2.26 bits per heavy atom. The fourth-order valence-corrected chi connectivity index (χ4v) is 2.78. The summed E-state index contributed by atoms with van der Waals surface area (Å²) >= 11 is 5.03. The Morgan fingerprint density at radius 1 is 1.52 bits per heavy atom. The molecule has 1 aromatic rings. The molecule has 1 aromatic heterocycles. The van der Waals surface area contributed by atoms with Gasteiger partial charge < -0.3 is 10.5 Å². The van der Waals surface area contributed by atoms with Crippen LogP contribution in [0.1, 0.15) is 45.6 Å². The highest BCUT2D eigenvalue weighted by Gasteiger charge is 2.28. The molecule has 0 saturated heterocycles. The van der Waals surface area contributed by atoms with Crippen LogP contribution in [-0.2, 0) is 4.74 Å². The van der Waals surface area contributed by atoms with Gasteiger partial charge in [0.05, 0.1) is 6.61 Å². The molecule has 1 heterocycles. The fraction of sp³-hybridized carbons (Fsp3) is 0.471. The summed E-state index contributed by atoms with van der Waals surface area (Å²) in [4.78, 5) is 17.7. The molecule has 0 radical (unpaired) electrons. The fourth-order valence-electron chi connectivity index (χ4n) is 2.62. The average molecular weight is 333 g/mol. The van der Waals surface area contributed by atoms with Crippen molar-refractivity contribution in [3.05, 3.63) is 30.0 Å². The van der Waals surface area contributed by atoms with Gasteiger partial charge in [0.25, 0.3) is 0 Å². The Balaban J connectivity index is 2.42. The third-order valence-electron chi connectivity index (χ3n) is 3.99. The van der Waals surface area contributed by atoms with Crippen molar-refractivity contribution < 1.29 is 9.53 Å². The SMILES string of the molecule is CCOC(=O)N(C(N)=S)c1ncccc1C1=CCC(C)(C)CC1. The van der Waals surface area contributed by atoms with Crippen molar-refractivity contribution in [3.8, 4) is 0 Å². The molecule has 2 rings (SSSR count). The Morgan fingerprint density at radius 3 is 2.83 bits per heavy atom. The number of hydrogen-bond acceptors (Lipinski definition) is 4. The molecule has 0 atom stereocenters. The van der Waals surface area contributed by atoms with E-state index in [0.717, 1.165) is 35.3 Å². The summed E-state index contributed by atoms with van der Waals surface area (Å²) in [5.41, 5.74) is 8.08. The first-order valence-corrected chi connectivity index (χ1v) is 8.17. The second kappa shape index (κ2) is 7.08. The molecule has 1 aliphatic rings. The predicted octanol–water partition coefficient (Wildman–Crippen LogP) is 3.88. The number of allylic oxidation sites excluding steroid dienone is 2. The monoisotopic (exact) mass is 333 g/mol. The van der Waals surface area contributed by atoms with Crippen LogP contribution in [0.3, 0.4) is 0 Å². The summed E-state index contributed by atoms with van der Waals surface area (Å²) in [6.07, 6.45) is 6.24. The number of anilines is 1. The zero-order valence-electron chi connectivity index (χ0n) is 13.8. The number of rotatable bonds is 3. The number of thiocarbonyl (C=S) groups is 1. The van der Waals surface area contributed by atoms with Crippen molar-refractivity contribution >= 4 is 34.8 Å². The first-order chi connectivity index (χ1) is 10.9. The van der Waals surface area contributed by atoms with Crippen molar-refractivity contribution in [2.45, 2.75) is 40.0 Å². The molecule has 0 spiro atoms. The van der Waals surface area contributed by atoms with Crippen molar-refractivity contribution in [2.75, 3.05) is 11.5 Å². The zero-order chi connectivity index (χ0) is 17.0. The summed E-state index contributed by atoms with van der Waals surface area (Å²) in [5.74, 6) is 0.435. The van der Waals surface area contributed by atoms with Crippen molar-refractivity contribution in [1.29, 1.82) is 0 Å². The van der Waals surface area contributed by atoms with Gasteiger partial charge in [-0.15, -0.1) is 0 Å². The first kappa shape index (κ1) is 17.4. The summed E-state index contributed by atoms with van der Waals surface area (Å²) < 4.78 is 5.06. The van der Waals surface area contributed by atoms with Gasteiger partial charge in [-0.3, -0.25) is 0 Å². The molecule has 5 nitrogen and oxygen atoms in total. The number of aromatic nitrogens is 1. The molecule has 124 valence electrons. The van der Waals surface area contributed by atoms with Crippen LogP contribution >= 0.6 is 12.2 Å². The minimum absolute atomic E-state index is 0.0693. The van der Waals surface area contributed by atoms with Crippen LogP contribution < -0.4 is 10.6 Å². The normalized spacial score (nSPS) is 16.4. The largest absolute Gasteiger partial charge is 0.449 e. The van der Waals surface area contributed by atoms with E-state index in [-0.39, 0.29) is 11.7 Å². The number of ether oxygens (including phenoxy) is 1. The molecular formula is C17H23N3O2S. The Hall–Kier alpha value is -1.95. The highest BCUT2D eigenvalue weighted by atomic mass is 32.1. The highest BCUT2D eigenvalue weighted by molar-refractivity contribution is 7.80. The van der Waals surface area contributed by atoms with Gasteiger partial charge in [-0.25, -0.2) is 14.7 Å². The van der Waals surface area contributed by atoms with Gasteiger partial charge in [0.2, 0.25) is 0 Å². The molecule has 23 heavy (non-hydrogen) atoms. The van der Waals surface area contributed by atoms with E-state index in [9.17, 15) is 4.79 Å². The third kappa shape index (κ3) is 4.07. The van der Waals surface area contributed by atoms with Gasteiger partial charge in [0, 0.05) is 11.8 Å². The van der Waals surface area contributed by atoms with Gasteiger partial charge in [-0.1, -0.05) is 19.9 Å². The average Bonchev–Trinajstić information content (AvgIpc) is 2.48. The lowest BCUT2D eigenvalue weighted by molar-refractivity contribution is 0.163. The number of nitrogens with zero attached hydrogens (tertiary/aromatic N) is 2. The van der Waals surface area contributed by atoms with Gasteiger partial charge in [0.15, 0.2) is 10.9 Å². The minimum atomic E-state index is -0.600. The van der Waals surface area contributed by atoms with Crippen LogP contribution in [0.2, 0.25) is 0 Å². The maximum absolute atomic E-state index is 12.2. The van der Waals surface area contributed by atoms with E-state index in [1.165, 1.54) is 0 Å². The Kier molecular flexibility index (Phi) is 5.36. The van der Waals surface area contributed by atoms with E-state index in [0.29, 0.717) is 11.2 Å². The van der Waals surface area contributed by atoms with Crippen molar-refractivity contribution in [2.24, 2.45) is 11.1 Å². The molecule has 0 aromatic carbocycles. The lowest BCUT2D eigenvalue weighted by Gasteiger charge is -2.30. The van der Waals surface area contributed by atoms with Crippen LogP contribution in [0.15, 0.2) is 24.4 Å². The molecule has 0 fully saturated rings. The second-order valence-corrected chi connectivity index (χ2v) is 6.76. The molecule has 0 aliphatic heterocycles. The lowest BCUT2D eigenvalue weighted by Crippen LogP contribution is -2.42. The summed E-state index contributed by atoms with van der Waals surface area (Å²) in [6.45, 7) is 6.49. The second-order valence-electron chi connectivity index (χ2n) is 6.34. The Labute approximate surface area is 142 Å². The minimum Gasteiger partial charge on any atom is -0.449 e. The number of hydrogen-bond donors (Lipinski definition) is 1. The van der Waals surface area contributed by atoms with Gasteiger partial charge in [-0.2, -0.15) is 0 Å². The van der Waals surface area contributed by atoms with Crippen molar-refractivity contribution in [1.82, 2.24) is 4.98 Å². The molecule has 0 saturated carbocycles. The summed E-state index contributed by atoms with van der Waals surface area (Å²) in [5, 5.41) is -0.0693. The van der Waals surface area contributed by atoms with Crippen LogP contribution in [0.25, 0.3) is 5.57 Å². The Bertz CT molecular complexity index is 640. The lowest BCUT2D eigenvalue weighted by atomic mass is 9.77. The number of carbonyl (C=O) groups excluding carboxylic acids is 1. The molecule has 0 bridgehead atoms. The number of nitrogens with two attached hydrogens (primary N) is 1.